The monoisotopic (exact) mass is 448 g/mol. The molecule has 0 aromatic heterocycles. The number of methoxy groups -OCH3 is 1. The molecule has 1 saturated heterocycles. The summed E-state index contributed by atoms with van der Waals surface area (Å²) in [6.07, 6.45) is 4.30. The van der Waals surface area contributed by atoms with Gasteiger partial charge in [-0.05, 0) is 44.6 Å². The van der Waals surface area contributed by atoms with Crippen LogP contribution in [0.25, 0.3) is 0 Å². The average Bonchev–Trinajstić information content (AvgIpc) is 2.68. The number of nitrogens with one attached hydrogen (secondary N) is 1. The molecule has 2 amide bonds. The van der Waals surface area contributed by atoms with Crippen LogP contribution >= 0.6 is 24.8 Å². The summed E-state index contributed by atoms with van der Waals surface area (Å²) in [6, 6.07) is 5.20. The number of nitrogens with two attached hydrogens (primary N) is 1. The number of halogens is 2. The molecule has 166 valence electrons. The first-order valence-electron chi connectivity index (χ1n) is 9.71. The topological polar surface area (TPSA) is 87.9 Å². The van der Waals surface area contributed by atoms with E-state index in [-0.39, 0.29) is 36.6 Å². The van der Waals surface area contributed by atoms with Crippen LogP contribution in [-0.4, -0.2) is 68.5 Å². The molecule has 2 rings (SSSR count). The number of rotatable bonds is 9. The Morgan fingerprint density at radius 2 is 1.72 bits per heavy atom. The minimum Gasteiger partial charge on any atom is -0.495 e. The van der Waals surface area contributed by atoms with Gasteiger partial charge in [0.05, 0.1) is 12.8 Å². The number of hydrogen-bond acceptors (Lipinski definition) is 5. The highest BCUT2D eigenvalue weighted by atomic mass is 35.5. The standard InChI is InChI=1S/C20H32N4O3.2ClH/c1-23-11-13-24(14-12-23)20(26)16-8-9-18(27-2)17(15-16)22-19(25)7-5-3-4-6-10-21;;/h8-9,15H,3-7,10-14,21H2,1-2H3,(H,22,25);2*1H. The quantitative estimate of drug-likeness (QED) is 0.566. The number of nitrogens with zero attached hydrogens (tertiary/aromatic N) is 2. The van der Waals surface area contributed by atoms with Crippen molar-refractivity contribution in [2.75, 3.05) is 52.2 Å². The number of ether oxygens (including phenoxy) is 1. The number of piperazine rings is 1. The van der Waals surface area contributed by atoms with Crippen molar-refractivity contribution >= 4 is 42.3 Å². The van der Waals surface area contributed by atoms with Crippen molar-refractivity contribution in [3.8, 4) is 5.75 Å². The SMILES string of the molecule is COc1ccc(C(=O)N2CCN(C)CC2)cc1NC(=O)CCCCCCN.Cl.Cl. The van der Waals surface area contributed by atoms with Gasteiger partial charge in [-0.1, -0.05) is 12.8 Å². The Balaban J connectivity index is 0.00000392. The van der Waals surface area contributed by atoms with Gasteiger partial charge in [0, 0.05) is 38.2 Å². The highest BCUT2D eigenvalue weighted by molar-refractivity contribution is 5.98. The van der Waals surface area contributed by atoms with Gasteiger partial charge < -0.3 is 25.6 Å². The zero-order valence-corrected chi connectivity index (χ0v) is 18.9. The largest absolute Gasteiger partial charge is 0.495 e. The molecule has 0 unspecified atom stereocenters. The summed E-state index contributed by atoms with van der Waals surface area (Å²) in [5.41, 5.74) is 6.59. The zero-order chi connectivity index (χ0) is 19.6. The number of amides is 2. The molecular formula is C20H34Cl2N4O3. The molecule has 0 saturated carbocycles. The third kappa shape index (κ3) is 8.78. The molecule has 7 nitrogen and oxygen atoms in total. The van der Waals surface area contributed by atoms with Crippen molar-refractivity contribution in [3.63, 3.8) is 0 Å². The molecular weight excluding hydrogens is 415 g/mol. The van der Waals surface area contributed by atoms with E-state index in [9.17, 15) is 9.59 Å². The molecule has 3 N–H and O–H groups in total. The van der Waals surface area contributed by atoms with Gasteiger partial charge in [0.1, 0.15) is 5.75 Å². The Kier molecular flexibility index (Phi) is 13.7. The predicted molar refractivity (Wildman–Crippen MR) is 122 cm³/mol. The van der Waals surface area contributed by atoms with Crippen molar-refractivity contribution in [2.45, 2.75) is 32.1 Å². The highest BCUT2D eigenvalue weighted by Gasteiger charge is 2.21. The molecule has 29 heavy (non-hydrogen) atoms. The van der Waals surface area contributed by atoms with Crippen molar-refractivity contribution in [2.24, 2.45) is 5.73 Å². The van der Waals surface area contributed by atoms with Crippen LogP contribution in [0.5, 0.6) is 5.75 Å². The summed E-state index contributed by atoms with van der Waals surface area (Å²) in [4.78, 5) is 29.1. The number of likely N-dealkylation sites (N-methyl/N-ethyl adjacent to an activating group) is 1. The zero-order valence-electron chi connectivity index (χ0n) is 17.3. The maximum absolute atomic E-state index is 12.8. The molecule has 1 aliphatic rings. The van der Waals surface area contributed by atoms with E-state index in [4.69, 9.17) is 10.5 Å². The number of carbonyl (C=O) groups is 2. The van der Waals surface area contributed by atoms with E-state index in [2.05, 4.69) is 17.3 Å². The van der Waals surface area contributed by atoms with Gasteiger partial charge in [-0.15, -0.1) is 24.8 Å². The average molecular weight is 449 g/mol. The van der Waals surface area contributed by atoms with Gasteiger partial charge in [-0.3, -0.25) is 9.59 Å². The second-order valence-corrected chi connectivity index (χ2v) is 7.01. The normalized spacial score (nSPS) is 13.8. The maximum atomic E-state index is 12.8. The minimum absolute atomic E-state index is 0. The molecule has 1 fully saturated rings. The molecule has 0 atom stereocenters. The summed E-state index contributed by atoms with van der Waals surface area (Å²) in [6.45, 7) is 3.86. The van der Waals surface area contributed by atoms with Gasteiger partial charge in [-0.25, -0.2) is 0 Å². The molecule has 9 heteroatoms. The summed E-state index contributed by atoms with van der Waals surface area (Å²) >= 11 is 0. The molecule has 0 aliphatic carbocycles. The van der Waals surface area contributed by atoms with Crippen LogP contribution in [0.3, 0.4) is 0 Å². The first-order valence-corrected chi connectivity index (χ1v) is 9.71. The van der Waals surface area contributed by atoms with Crippen molar-refractivity contribution < 1.29 is 14.3 Å². The molecule has 0 radical (unpaired) electrons. The van der Waals surface area contributed by atoms with E-state index in [1.807, 2.05) is 4.90 Å². The Morgan fingerprint density at radius 3 is 2.34 bits per heavy atom. The lowest BCUT2D eigenvalue weighted by Crippen LogP contribution is -2.47. The maximum Gasteiger partial charge on any atom is 0.254 e. The minimum atomic E-state index is -0.0646. The molecule has 1 aromatic rings. The van der Waals surface area contributed by atoms with Gasteiger partial charge in [0.15, 0.2) is 0 Å². The Hall–Kier alpha value is -1.54. The van der Waals surface area contributed by atoms with Gasteiger partial charge in [0.25, 0.3) is 5.91 Å². The van der Waals surface area contributed by atoms with Crippen LogP contribution in [0.1, 0.15) is 42.5 Å². The highest BCUT2D eigenvalue weighted by Crippen LogP contribution is 2.26. The Bertz CT molecular complexity index is 638. The summed E-state index contributed by atoms with van der Waals surface area (Å²) < 4.78 is 5.34. The molecule has 0 spiro atoms. The Labute approximate surface area is 186 Å². The van der Waals surface area contributed by atoms with E-state index in [0.29, 0.717) is 43.1 Å². The van der Waals surface area contributed by atoms with Crippen molar-refractivity contribution in [1.82, 2.24) is 9.80 Å². The summed E-state index contributed by atoms with van der Waals surface area (Å²) in [7, 11) is 3.61. The van der Waals surface area contributed by atoms with Crippen LogP contribution < -0.4 is 15.8 Å². The van der Waals surface area contributed by atoms with E-state index in [0.717, 1.165) is 38.8 Å². The first-order chi connectivity index (χ1) is 13.0. The lowest BCUT2D eigenvalue weighted by molar-refractivity contribution is -0.116. The van der Waals surface area contributed by atoms with Crippen LogP contribution in [-0.2, 0) is 4.79 Å². The third-order valence-electron chi connectivity index (χ3n) is 4.87. The third-order valence-corrected chi connectivity index (χ3v) is 4.87. The Morgan fingerprint density at radius 1 is 1.07 bits per heavy atom. The van der Waals surface area contributed by atoms with Crippen LogP contribution in [0.15, 0.2) is 18.2 Å². The van der Waals surface area contributed by atoms with Crippen molar-refractivity contribution in [1.29, 1.82) is 0 Å². The summed E-state index contributed by atoms with van der Waals surface area (Å²) in [5, 5.41) is 2.89. The van der Waals surface area contributed by atoms with Crippen LogP contribution in [0, 0.1) is 0 Å². The number of unbranched alkanes of at least 4 members (excludes halogenated alkanes) is 3. The van der Waals surface area contributed by atoms with Crippen LogP contribution in [0.2, 0.25) is 0 Å². The van der Waals surface area contributed by atoms with Gasteiger partial charge in [-0.2, -0.15) is 0 Å². The molecule has 1 aromatic carbocycles. The molecule has 1 aliphatic heterocycles. The fraction of sp³-hybridized carbons (Fsp3) is 0.600. The first kappa shape index (κ1) is 27.5. The van der Waals surface area contributed by atoms with E-state index < -0.39 is 0 Å². The van der Waals surface area contributed by atoms with E-state index in [1.54, 1.807) is 25.3 Å². The number of anilines is 1. The number of benzene rings is 1. The smallest absolute Gasteiger partial charge is 0.254 e. The molecule has 0 bridgehead atoms. The second-order valence-electron chi connectivity index (χ2n) is 7.01. The second kappa shape index (κ2) is 14.4. The lowest BCUT2D eigenvalue weighted by Gasteiger charge is -2.32. The van der Waals surface area contributed by atoms with E-state index >= 15 is 0 Å². The van der Waals surface area contributed by atoms with Crippen molar-refractivity contribution in [3.05, 3.63) is 23.8 Å². The summed E-state index contributed by atoms with van der Waals surface area (Å²) in [5.74, 6) is 0.481. The fourth-order valence-electron chi connectivity index (χ4n) is 3.13. The van der Waals surface area contributed by atoms with Gasteiger partial charge in [0.2, 0.25) is 5.91 Å². The van der Waals surface area contributed by atoms with E-state index in [1.165, 1.54) is 0 Å². The fourth-order valence-corrected chi connectivity index (χ4v) is 3.13. The van der Waals surface area contributed by atoms with Crippen LogP contribution in [0.4, 0.5) is 5.69 Å². The number of hydrogen-bond donors (Lipinski definition) is 2. The lowest BCUT2D eigenvalue weighted by atomic mass is 10.1. The predicted octanol–water partition coefficient (Wildman–Crippen LogP) is 2.77. The number of carbonyl (C=O) groups excluding carboxylic acids is 2. The molecule has 1 heterocycles. The van der Waals surface area contributed by atoms with Gasteiger partial charge >= 0.3 is 0 Å².